The zero-order valence-electron chi connectivity index (χ0n) is 17.5. The Bertz CT molecular complexity index is 668. The number of nitrogens with one attached hydrogen (secondary N) is 2. The van der Waals surface area contributed by atoms with Crippen molar-refractivity contribution in [2.45, 2.75) is 37.3 Å². The maximum atomic E-state index is 12.7. The number of aliphatic hydroxyl groups excluding tert-OH is 6. The molecule has 0 heterocycles. The number of carbonyl (C=O) groups is 2. The molecule has 0 atom stereocenters. The van der Waals surface area contributed by atoms with Gasteiger partial charge in [0, 0.05) is 11.1 Å². The lowest BCUT2D eigenvalue weighted by molar-refractivity contribution is 0.0371. The quantitative estimate of drug-likeness (QED) is 0.208. The predicted octanol–water partition coefficient (Wildman–Crippen LogP) is -2.12. The summed E-state index contributed by atoms with van der Waals surface area (Å²) in [5.74, 6) is -1.46. The van der Waals surface area contributed by atoms with Gasteiger partial charge in [-0.25, -0.2) is 0 Å². The lowest BCUT2D eigenvalue weighted by Crippen LogP contribution is -2.57. The van der Waals surface area contributed by atoms with E-state index in [1.807, 2.05) is 20.8 Å². The highest BCUT2D eigenvalue weighted by Crippen LogP contribution is 2.25. The second-order valence-electron chi connectivity index (χ2n) is 8.47. The number of rotatable bonds is 10. The van der Waals surface area contributed by atoms with Crippen molar-refractivity contribution in [1.82, 2.24) is 10.6 Å². The molecule has 0 saturated heterocycles. The monoisotopic (exact) mass is 428 g/mol. The first kappa shape index (κ1) is 26.0. The summed E-state index contributed by atoms with van der Waals surface area (Å²) in [6.45, 7) is 1.37. The van der Waals surface area contributed by atoms with E-state index in [2.05, 4.69) is 10.6 Å². The third kappa shape index (κ3) is 5.97. The molecule has 10 heteroatoms. The van der Waals surface area contributed by atoms with Crippen LogP contribution >= 0.6 is 0 Å². The molecular formula is C20H32N2O8. The molecule has 0 fully saturated rings. The molecule has 0 bridgehead atoms. The van der Waals surface area contributed by atoms with Crippen molar-refractivity contribution in [3.63, 3.8) is 0 Å². The molecule has 0 saturated carbocycles. The van der Waals surface area contributed by atoms with E-state index in [9.17, 15) is 40.2 Å². The van der Waals surface area contributed by atoms with E-state index in [0.717, 1.165) is 0 Å². The SMILES string of the molecule is CC(C)(C)c1cc(C(=O)NC(CO)(CO)CO)cc(C(=O)NC(CO)(CO)CO)c1. The smallest absolute Gasteiger partial charge is 0.251 e. The Morgan fingerprint density at radius 2 is 0.967 bits per heavy atom. The van der Waals surface area contributed by atoms with Gasteiger partial charge in [-0.2, -0.15) is 0 Å². The number of amides is 2. The Morgan fingerprint density at radius 3 is 1.20 bits per heavy atom. The molecule has 2 amide bonds. The highest BCUT2D eigenvalue weighted by Gasteiger charge is 2.33. The highest BCUT2D eigenvalue weighted by atomic mass is 16.3. The summed E-state index contributed by atoms with van der Waals surface area (Å²) in [7, 11) is 0. The fourth-order valence-corrected chi connectivity index (χ4v) is 2.49. The van der Waals surface area contributed by atoms with E-state index in [4.69, 9.17) is 0 Å². The Hall–Kier alpha value is -2.08. The normalized spacial score (nSPS) is 12.6. The lowest BCUT2D eigenvalue weighted by atomic mass is 9.84. The molecule has 0 spiro atoms. The third-order valence-corrected chi connectivity index (χ3v) is 4.90. The largest absolute Gasteiger partial charge is 0.394 e. The Labute approximate surface area is 175 Å². The molecule has 0 radical (unpaired) electrons. The van der Waals surface area contributed by atoms with E-state index in [1.165, 1.54) is 6.07 Å². The Balaban J connectivity index is 3.40. The average molecular weight is 428 g/mol. The zero-order chi connectivity index (χ0) is 23.2. The molecule has 10 nitrogen and oxygen atoms in total. The van der Waals surface area contributed by atoms with Gasteiger partial charge in [0.05, 0.1) is 39.6 Å². The van der Waals surface area contributed by atoms with Gasteiger partial charge in [-0.15, -0.1) is 0 Å². The standard InChI is InChI=1S/C20H32N2O8/c1-18(2,3)15-5-13(16(29)21-19(7-23,8-24)9-25)4-14(6-15)17(30)22-20(10-26,11-27)12-28/h4-6,23-28H,7-12H2,1-3H3,(H,21,29)(H,22,30). The summed E-state index contributed by atoms with van der Waals surface area (Å²) in [6.07, 6.45) is 0. The van der Waals surface area contributed by atoms with Crippen LogP contribution in [0.5, 0.6) is 0 Å². The molecular weight excluding hydrogens is 396 g/mol. The maximum absolute atomic E-state index is 12.7. The van der Waals surface area contributed by atoms with Crippen LogP contribution in [0.3, 0.4) is 0 Å². The predicted molar refractivity (Wildman–Crippen MR) is 108 cm³/mol. The molecule has 0 aliphatic heterocycles. The van der Waals surface area contributed by atoms with Gasteiger partial charge in [0.25, 0.3) is 11.8 Å². The highest BCUT2D eigenvalue weighted by molar-refractivity contribution is 6.00. The van der Waals surface area contributed by atoms with Gasteiger partial charge in [0.1, 0.15) is 11.1 Å². The maximum Gasteiger partial charge on any atom is 0.251 e. The van der Waals surface area contributed by atoms with Crippen LogP contribution in [-0.4, -0.2) is 93.2 Å². The van der Waals surface area contributed by atoms with Crippen molar-refractivity contribution in [2.75, 3.05) is 39.6 Å². The van der Waals surface area contributed by atoms with Crippen LogP contribution in [0.2, 0.25) is 0 Å². The van der Waals surface area contributed by atoms with E-state index in [0.29, 0.717) is 5.56 Å². The molecule has 0 aromatic heterocycles. The average Bonchev–Trinajstić information content (AvgIpc) is 2.74. The number of benzene rings is 1. The molecule has 1 aromatic rings. The van der Waals surface area contributed by atoms with Crippen LogP contribution in [0.4, 0.5) is 0 Å². The molecule has 0 aliphatic rings. The van der Waals surface area contributed by atoms with Crippen LogP contribution in [0.15, 0.2) is 18.2 Å². The summed E-state index contributed by atoms with van der Waals surface area (Å²) in [6, 6.07) is 4.34. The number of hydrogen-bond acceptors (Lipinski definition) is 8. The number of aliphatic hydroxyl groups is 6. The summed E-state index contributed by atoms with van der Waals surface area (Å²) in [4.78, 5) is 25.5. The van der Waals surface area contributed by atoms with Crippen molar-refractivity contribution in [3.8, 4) is 0 Å². The summed E-state index contributed by atoms with van der Waals surface area (Å²) in [5.41, 5.74) is -3.06. The first-order valence-corrected chi connectivity index (χ1v) is 9.41. The summed E-state index contributed by atoms with van der Waals surface area (Å²) < 4.78 is 0. The van der Waals surface area contributed by atoms with Crippen LogP contribution in [0, 0.1) is 0 Å². The molecule has 1 rings (SSSR count). The first-order valence-electron chi connectivity index (χ1n) is 9.41. The summed E-state index contributed by atoms with van der Waals surface area (Å²) in [5, 5.41) is 61.4. The minimum atomic E-state index is -1.64. The zero-order valence-corrected chi connectivity index (χ0v) is 17.5. The van der Waals surface area contributed by atoms with Crippen molar-refractivity contribution in [1.29, 1.82) is 0 Å². The molecule has 30 heavy (non-hydrogen) atoms. The number of hydrogen-bond donors (Lipinski definition) is 8. The van der Waals surface area contributed by atoms with Gasteiger partial charge in [-0.1, -0.05) is 20.8 Å². The van der Waals surface area contributed by atoms with E-state index < -0.39 is 67.9 Å². The molecule has 0 unspecified atom stereocenters. The Kier molecular flexibility index (Phi) is 8.90. The van der Waals surface area contributed by atoms with Gasteiger partial charge in [0.15, 0.2) is 0 Å². The fourth-order valence-electron chi connectivity index (χ4n) is 2.49. The first-order chi connectivity index (χ1) is 13.9. The van der Waals surface area contributed by atoms with Crippen molar-refractivity contribution >= 4 is 11.8 Å². The Morgan fingerprint density at radius 1 is 0.667 bits per heavy atom. The van der Waals surface area contributed by atoms with Crippen LogP contribution in [0.25, 0.3) is 0 Å². The van der Waals surface area contributed by atoms with Gasteiger partial charge in [-0.3, -0.25) is 9.59 Å². The topological polar surface area (TPSA) is 180 Å². The fraction of sp³-hybridized carbons (Fsp3) is 0.600. The van der Waals surface area contributed by atoms with Crippen molar-refractivity contribution < 1.29 is 40.2 Å². The van der Waals surface area contributed by atoms with Crippen LogP contribution in [-0.2, 0) is 5.41 Å². The van der Waals surface area contributed by atoms with Crippen LogP contribution < -0.4 is 10.6 Å². The minimum Gasteiger partial charge on any atom is -0.394 e. The second kappa shape index (κ2) is 10.3. The van der Waals surface area contributed by atoms with Gasteiger partial charge < -0.3 is 41.3 Å². The van der Waals surface area contributed by atoms with Crippen molar-refractivity contribution in [2.24, 2.45) is 0 Å². The molecule has 0 aliphatic carbocycles. The minimum absolute atomic E-state index is 0.0369. The van der Waals surface area contributed by atoms with Crippen molar-refractivity contribution in [3.05, 3.63) is 34.9 Å². The second-order valence-corrected chi connectivity index (χ2v) is 8.47. The molecule has 170 valence electrons. The summed E-state index contributed by atoms with van der Waals surface area (Å²) >= 11 is 0. The number of carbonyl (C=O) groups excluding carboxylic acids is 2. The van der Waals surface area contributed by atoms with Gasteiger partial charge >= 0.3 is 0 Å². The van der Waals surface area contributed by atoms with Gasteiger partial charge in [-0.05, 0) is 29.2 Å². The van der Waals surface area contributed by atoms with E-state index in [1.54, 1.807) is 12.1 Å². The van der Waals surface area contributed by atoms with E-state index >= 15 is 0 Å². The van der Waals surface area contributed by atoms with E-state index in [-0.39, 0.29) is 11.1 Å². The van der Waals surface area contributed by atoms with Crippen LogP contribution in [0.1, 0.15) is 47.1 Å². The van der Waals surface area contributed by atoms with Gasteiger partial charge in [0.2, 0.25) is 0 Å². The lowest BCUT2D eigenvalue weighted by Gasteiger charge is -2.30. The molecule has 1 aromatic carbocycles. The third-order valence-electron chi connectivity index (χ3n) is 4.90. The molecule has 8 N–H and O–H groups in total.